The summed E-state index contributed by atoms with van der Waals surface area (Å²) in [6.07, 6.45) is 71.5. The monoisotopic (exact) mass is 1180 g/mol. The minimum Gasteiger partial charge on any atom is -0.493 e. The number of rotatable bonds is 47. The summed E-state index contributed by atoms with van der Waals surface area (Å²) in [6.45, 7) is 23.5. The van der Waals surface area contributed by atoms with Crippen LogP contribution < -0.4 is 0 Å². The first-order chi connectivity index (χ1) is 40.4. The molecule has 0 unspecified atom stereocenters. The predicted octanol–water partition coefficient (Wildman–Crippen LogP) is 27.3. The first-order valence-corrected chi connectivity index (χ1v) is 35.5. The molecule has 470 valence electrons. The molecule has 0 N–H and O–H groups in total. The van der Waals surface area contributed by atoms with E-state index in [0.717, 1.165) is 104 Å². The van der Waals surface area contributed by atoms with E-state index >= 15 is 0 Å². The maximum absolute atomic E-state index is 12.4. The van der Waals surface area contributed by atoms with Crippen LogP contribution in [0.5, 0.6) is 0 Å². The van der Waals surface area contributed by atoms with Gasteiger partial charge in [0.25, 0.3) is 0 Å². The summed E-state index contributed by atoms with van der Waals surface area (Å²) in [5.74, 6) is 14.0. The SMILES string of the molecule is CCCCCCCC#Cc1cc(C#CCCCCCCC)cc(C2=C(CCCC)C=C(c3cc(C=CCCCCCCCCCC)cc(C=CCCCCCCCCCC)c3)[N+]2=[N-])c1.[CH2-]CCCCCCCC.[CH2-]CCCCCCCC.[Ni+2]. The number of nitrogens with zero attached hydrogens (tertiary/aromatic N) is 2. The van der Waals surface area contributed by atoms with E-state index < -0.39 is 0 Å². The summed E-state index contributed by atoms with van der Waals surface area (Å²) in [4.78, 5) is 0. The standard InChI is InChI=1S/C62H92N2.2C9H19.Ni/c1-6-11-16-20-24-26-28-32-36-38-42-54-47-55(43-39-37-33-29-27-25-21-17-12-7-2)50-59(49-54)61-53-58(46-15-10-5)62(64(61)63)60-51-56(44-40-34-30-22-18-13-8-3)48-57(52-60)45-41-35-31-23-19-14-9-4;2*1-3-5-7-9-8-6-4-2;/h38-39,42-43,47-53H,6-37,46H2,1-5H3;2*1,3-9H2,2H3;/q;2*-1;+2. The Morgan fingerprint density at radius 2 is 0.723 bits per heavy atom. The maximum Gasteiger partial charge on any atom is 2.00 e. The van der Waals surface area contributed by atoms with Gasteiger partial charge in [-0.3, -0.25) is 0 Å². The molecule has 0 radical (unpaired) electrons. The topological polar surface area (TPSA) is 25.3 Å². The fraction of sp³-hybridized carbons (Fsp3) is 0.675. The Bertz CT molecular complexity index is 1970. The van der Waals surface area contributed by atoms with Crippen molar-refractivity contribution < 1.29 is 21.2 Å². The third-order valence-corrected chi connectivity index (χ3v) is 15.9. The molecule has 2 nitrogen and oxygen atoms in total. The minimum atomic E-state index is 0. The van der Waals surface area contributed by atoms with Gasteiger partial charge in [-0.2, -0.15) is 12.8 Å². The zero-order chi connectivity index (χ0) is 59.6. The third kappa shape index (κ3) is 43.8. The first-order valence-electron chi connectivity index (χ1n) is 35.5. The molecule has 3 heteroatoms. The number of hydrogen-bond acceptors (Lipinski definition) is 0. The smallest absolute Gasteiger partial charge is 0.493 e. The molecular formula is C80H130N2Ni. The van der Waals surface area contributed by atoms with Crippen LogP contribution in [-0.4, -0.2) is 4.70 Å². The second-order valence-corrected chi connectivity index (χ2v) is 24.0. The molecule has 1 aliphatic heterocycles. The van der Waals surface area contributed by atoms with Crippen molar-refractivity contribution in [2.24, 2.45) is 0 Å². The Kier molecular flexibility index (Phi) is 57.8. The molecule has 0 aliphatic carbocycles. The summed E-state index contributed by atoms with van der Waals surface area (Å²) < 4.78 is 1.48. The average molecular weight is 1180 g/mol. The van der Waals surface area contributed by atoms with E-state index in [1.54, 1.807) is 0 Å². The average Bonchev–Trinajstić information content (AvgIpc) is 3.88. The molecule has 1 aliphatic rings. The second-order valence-electron chi connectivity index (χ2n) is 24.0. The van der Waals surface area contributed by atoms with Crippen LogP contribution in [-0.2, 0) is 16.5 Å². The van der Waals surface area contributed by atoms with Crippen LogP contribution in [0.4, 0.5) is 0 Å². The van der Waals surface area contributed by atoms with E-state index in [0.29, 0.717) is 0 Å². The van der Waals surface area contributed by atoms with Crippen molar-refractivity contribution in [3.8, 4) is 23.7 Å². The van der Waals surface area contributed by atoms with E-state index in [1.807, 2.05) is 0 Å². The molecule has 2 aromatic rings. The van der Waals surface area contributed by atoms with Gasteiger partial charge >= 0.3 is 16.5 Å². The fourth-order valence-corrected chi connectivity index (χ4v) is 10.7. The van der Waals surface area contributed by atoms with Gasteiger partial charge in [0, 0.05) is 46.7 Å². The zero-order valence-corrected chi connectivity index (χ0v) is 56.7. The van der Waals surface area contributed by atoms with Crippen LogP contribution in [0.1, 0.15) is 384 Å². The minimum absolute atomic E-state index is 0. The van der Waals surface area contributed by atoms with E-state index in [1.165, 1.54) is 253 Å². The number of hydrogen-bond donors (Lipinski definition) is 0. The van der Waals surface area contributed by atoms with Crippen LogP contribution >= 0.6 is 0 Å². The van der Waals surface area contributed by atoms with E-state index in [4.69, 9.17) is 0 Å². The summed E-state index contributed by atoms with van der Waals surface area (Å²) in [7, 11) is 0. The van der Waals surface area contributed by atoms with Crippen LogP contribution in [0.2, 0.25) is 0 Å². The van der Waals surface area contributed by atoms with E-state index in [-0.39, 0.29) is 16.5 Å². The van der Waals surface area contributed by atoms with Gasteiger partial charge in [-0.1, -0.05) is 321 Å². The molecule has 0 spiro atoms. The summed E-state index contributed by atoms with van der Waals surface area (Å²) >= 11 is 0. The van der Waals surface area contributed by atoms with Crippen LogP contribution in [0.25, 0.3) is 29.1 Å². The van der Waals surface area contributed by atoms with Gasteiger partial charge in [-0.15, -0.1) is 0 Å². The van der Waals surface area contributed by atoms with Gasteiger partial charge in [-0.25, -0.2) is 4.70 Å². The van der Waals surface area contributed by atoms with Gasteiger partial charge in [0.2, 0.25) is 11.4 Å². The largest absolute Gasteiger partial charge is 2.00 e. The maximum atomic E-state index is 12.4. The van der Waals surface area contributed by atoms with Crippen molar-refractivity contribution in [3.05, 3.63) is 113 Å². The molecule has 0 bridgehead atoms. The summed E-state index contributed by atoms with van der Waals surface area (Å²) in [6, 6.07) is 13.4. The molecule has 0 fully saturated rings. The number of benzene rings is 2. The Morgan fingerprint density at radius 3 is 1.08 bits per heavy atom. The van der Waals surface area contributed by atoms with Crippen molar-refractivity contribution in [3.63, 3.8) is 0 Å². The molecule has 0 saturated carbocycles. The van der Waals surface area contributed by atoms with Gasteiger partial charge in [-0.05, 0) is 98.9 Å². The van der Waals surface area contributed by atoms with Gasteiger partial charge in [0.1, 0.15) is 0 Å². The normalized spacial score (nSPS) is 11.9. The molecule has 0 aromatic heterocycles. The Labute approximate surface area is 528 Å². The van der Waals surface area contributed by atoms with Crippen molar-refractivity contribution >= 4 is 23.5 Å². The number of allylic oxidation sites excluding steroid dienone is 4. The molecule has 0 atom stereocenters. The summed E-state index contributed by atoms with van der Waals surface area (Å²) in [5, 5.41) is 0. The molecule has 0 saturated heterocycles. The van der Waals surface area contributed by atoms with Gasteiger partial charge < -0.3 is 19.4 Å². The zero-order valence-electron chi connectivity index (χ0n) is 55.7. The fourth-order valence-electron chi connectivity index (χ4n) is 10.7. The Hall–Kier alpha value is -3.39. The summed E-state index contributed by atoms with van der Waals surface area (Å²) in [5.41, 5.74) is 21.6. The third-order valence-electron chi connectivity index (χ3n) is 15.9. The second kappa shape index (κ2) is 60.3. The van der Waals surface area contributed by atoms with Crippen molar-refractivity contribution in [1.29, 1.82) is 0 Å². The molecule has 3 rings (SSSR count). The molecule has 83 heavy (non-hydrogen) atoms. The molecule has 2 aromatic carbocycles. The molecular weight excluding hydrogens is 1050 g/mol. The van der Waals surface area contributed by atoms with Crippen LogP contribution in [0, 0.1) is 37.5 Å². The first kappa shape index (κ1) is 79.6. The van der Waals surface area contributed by atoms with Crippen LogP contribution in [0.3, 0.4) is 0 Å². The van der Waals surface area contributed by atoms with Gasteiger partial charge in [0.05, 0.1) is 0 Å². The van der Waals surface area contributed by atoms with Crippen molar-refractivity contribution in [2.75, 3.05) is 0 Å². The van der Waals surface area contributed by atoms with Crippen molar-refractivity contribution in [2.45, 2.75) is 350 Å². The predicted molar refractivity (Wildman–Crippen MR) is 371 cm³/mol. The quantitative estimate of drug-likeness (QED) is 0.0208. The molecule has 0 amide bonds. The van der Waals surface area contributed by atoms with Gasteiger partial charge in [0.15, 0.2) is 0 Å². The molecule has 1 heterocycles. The van der Waals surface area contributed by atoms with E-state index in [2.05, 4.69) is 153 Å². The Balaban J connectivity index is 0.00000303. The Morgan fingerprint density at radius 1 is 0.386 bits per heavy atom. The van der Waals surface area contributed by atoms with E-state index in [9.17, 15) is 5.53 Å². The number of unbranched alkanes of at least 4 members (excludes halogenated alkanes) is 39. The van der Waals surface area contributed by atoms with Crippen LogP contribution in [0.15, 0.2) is 60.2 Å². The van der Waals surface area contributed by atoms with Crippen molar-refractivity contribution in [1.82, 2.24) is 0 Å².